The first kappa shape index (κ1) is 21.0. The van der Waals surface area contributed by atoms with Gasteiger partial charge in [-0.3, -0.25) is 4.99 Å². The lowest BCUT2D eigenvalue weighted by molar-refractivity contribution is -0.247. The van der Waals surface area contributed by atoms with Crippen LogP contribution in [0.25, 0.3) is 0 Å². The van der Waals surface area contributed by atoms with Gasteiger partial charge in [-0.1, -0.05) is 6.07 Å². The number of aryl methyl sites for hydroxylation is 1. The summed E-state index contributed by atoms with van der Waals surface area (Å²) >= 11 is 0.889. The Labute approximate surface area is 169 Å². The molecule has 3 rings (SSSR count). The number of thiophene rings is 1. The van der Waals surface area contributed by atoms with Gasteiger partial charge in [0.2, 0.25) is 5.60 Å². The normalized spacial score (nSPS) is 14.2. The average Bonchev–Trinajstić information content (AvgIpc) is 3.10. The number of nitrogens with one attached hydrogen (secondary N) is 1. The van der Waals surface area contributed by atoms with Crippen molar-refractivity contribution in [2.75, 3.05) is 12.4 Å². The quantitative estimate of drug-likeness (QED) is 0.404. The molecule has 1 aromatic heterocycles. The van der Waals surface area contributed by atoms with Gasteiger partial charge in [-0.2, -0.15) is 13.2 Å². The maximum atomic E-state index is 14.0. The van der Waals surface area contributed by atoms with E-state index in [1.165, 1.54) is 67.9 Å². The number of nitrogens with zero attached hydrogens (tertiary/aromatic N) is 1. The molecule has 0 bridgehead atoms. The molecule has 0 aliphatic rings. The van der Waals surface area contributed by atoms with E-state index >= 15 is 0 Å². The van der Waals surface area contributed by atoms with Crippen molar-refractivity contribution in [1.82, 2.24) is 0 Å². The van der Waals surface area contributed by atoms with Crippen LogP contribution in [0.15, 0.2) is 59.6 Å². The summed E-state index contributed by atoms with van der Waals surface area (Å²) in [6, 6.07) is 12.3. The van der Waals surface area contributed by atoms with E-state index in [-0.39, 0.29) is 10.4 Å². The van der Waals surface area contributed by atoms with Crippen molar-refractivity contribution in [2.24, 2.45) is 4.99 Å². The first-order chi connectivity index (χ1) is 13.6. The molecule has 1 atom stereocenters. The van der Waals surface area contributed by atoms with Crippen LogP contribution in [0.4, 0.5) is 28.9 Å². The zero-order chi connectivity index (χ0) is 21.2. The molecular weight excluding hydrogens is 404 g/mol. The van der Waals surface area contributed by atoms with Crippen LogP contribution in [0.5, 0.6) is 0 Å². The lowest BCUT2D eigenvalue weighted by atomic mass is 9.89. The predicted molar refractivity (Wildman–Crippen MR) is 108 cm³/mol. The fourth-order valence-electron chi connectivity index (χ4n) is 2.91. The Morgan fingerprint density at radius 1 is 1.03 bits per heavy atom. The smallest absolute Gasteiger partial charge is 0.372 e. The van der Waals surface area contributed by atoms with E-state index in [2.05, 4.69) is 10.3 Å². The summed E-state index contributed by atoms with van der Waals surface area (Å²) in [5.74, 6) is -0.400. The van der Waals surface area contributed by atoms with Crippen LogP contribution in [0.1, 0.15) is 20.9 Å². The Morgan fingerprint density at radius 3 is 2.28 bits per heavy atom. The Kier molecular flexibility index (Phi) is 5.77. The SMILES string of the molecule is C/N=C\c1cc(C(O)(c2ccc(C)s2)C(F)(F)F)ccc1Nc1ccc(F)cc1. The number of rotatable bonds is 5. The first-order valence-corrected chi connectivity index (χ1v) is 9.42. The molecule has 0 spiro atoms. The third-order valence-corrected chi connectivity index (χ3v) is 5.48. The van der Waals surface area contributed by atoms with Gasteiger partial charge < -0.3 is 10.4 Å². The molecule has 3 nitrogen and oxygen atoms in total. The van der Waals surface area contributed by atoms with E-state index in [4.69, 9.17) is 0 Å². The number of hydrogen-bond donors (Lipinski definition) is 2. The monoisotopic (exact) mass is 422 g/mol. The highest BCUT2D eigenvalue weighted by Crippen LogP contribution is 2.47. The van der Waals surface area contributed by atoms with Crippen molar-refractivity contribution < 1.29 is 22.7 Å². The molecule has 2 N–H and O–H groups in total. The highest BCUT2D eigenvalue weighted by Gasteiger charge is 2.57. The van der Waals surface area contributed by atoms with E-state index in [1.54, 1.807) is 6.92 Å². The molecule has 29 heavy (non-hydrogen) atoms. The summed E-state index contributed by atoms with van der Waals surface area (Å²) in [5.41, 5.74) is -2.07. The minimum absolute atomic E-state index is 0.207. The summed E-state index contributed by atoms with van der Waals surface area (Å²) in [6.07, 6.45) is -3.53. The number of aliphatic hydroxyl groups is 1. The van der Waals surface area contributed by atoms with Gasteiger partial charge in [-0.05, 0) is 61.0 Å². The van der Waals surface area contributed by atoms with Crippen molar-refractivity contribution in [3.63, 3.8) is 0 Å². The molecule has 3 aromatic rings. The molecule has 8 heteroatoms. The third kappa shape index (κ3) is 4.18. The average molecular weight is 422 g/mol. The van der Waals surface area contributed by atoms with E-state index in [9.17, 15) is 22.7 Å². The molecule has 0 amide bonds. The predicted octanol–water partition coefficient (Wildman–Crippen LogP) is 5.79. The number of hydrogen-bond acceptors (Lipinski definition) is 4. The minimum atomic E-state index is -4.92. The molecule has 2 aromatic carbocycles. The fourth-order valence-corrected chi connectivity index (χ4v) is 3.91. The van der Waals surface area contributed by atoms with E-state index in [0.29, 0.717) is 21.8 Å². The molecule has 152 valence electrons. The lowest BCUT2D eigenvalue weighted by Gasteiger charge is -2.30. The molecule has 1 heterocycles. The lowest BCUT2D eigenvalue weighted by Crippen LogP contribution is -2.42. The van der Waals surface area contributed by atoms with Gasteiger partial charge in [0, 0.05) is 35.1 Å². The molecule has 0 radical (unpaired) electrons. The topological polar surface area (TPSA) is 44.6 Å². The number of halogens is 4. The van der Waals surface area contributed by atoms with Crippen molar-refractivity contribution >= 4 is 28.9 Å². The van der Waals surface area contributed by atoms with E-state index < -0.39 is 17.6 Å². The van der Waals surface area contributed by atoms with Crippen LogP contribution in [0.2, 0.25) is 0 Å². The Balaban J connectivity index is 2.09. The molecule has 0 aliphatic heterocycles. The van der Waals surface area contributed by atoms with Crippen LogP contribution >= 0.6 is 11.3 Å². The zero-order valence-corrected chi connectivity index (χ0v) is 16.4. The molecule has 0 aliphatic carbocycles. The van der Waals surface area contributed by atoms with Crippen molar-refractivity contribution in [2.45, 2.75) is 18.7 Å². The minimum Gasteiger partial charge on any atom is -0.372 e. The van der Waals surface area contributed by atoms with Crippen molar-refractivity contribution in [3.05, 3.63) is 81.3 Å². The Bertz CT molecular complexity index is 1030. The first-order valence-electron chi connectivity index (χ1n) is 8.60. The van der Waals surface area contributed by atoms with Crippen LogP contribution in [-0.4, -0.2) is 24.5 Å². The van der Waals surface area contributed by atoms with Gasteiger partial charge in [0.05, 0.1) is 4.88 Å². The summed E-state index contributed by atoms with van der Waals surface area (Å²) in [4.78, 5) is 4.35. The van der Waals surface area contributed by atoms with Gasteiger partial charge in [-0.15, -0.1) is 11.3 Å². The molecular formula is C21H18F4N2OS. The highest BCUT2D eigenvalue weighted by atomic mass is 32.1. The fraction of sp³-hybridized carbons (Fsp3) is 0.190. The second-order valence-corrected chi connectivity index (χ2v) is 7.73. The number of aliphatic imine (C=N–C) groups is 1. The number of alkyl halides is 3. The summed E-state index contributed by atoms with van der Waals surface area (Å²) < 4.78 is 55.0. The Morgan fingerprint density at radius 2 is 1.72 bits per heavy atom. The standard InChI is InChI=1S/C21H18F4N2OS/c1-13-3-10-19(29-13)20(28,21(23,24)25)15-4-9-18(14(11-15)12-26-2)27-17-7-5-16(22)6-8-17/h3-12,27-28H,1-2H3/b26-12-. The van der Waals surface area contributed by atoms with Crippen molar-refractivity contribution in [1.29, 1.82) is 0 Å². The Hall–Kier alpha value is -2.71. The van der Waals surface area contributed by atoms with Crippen LogP contribution in [-0.2, 0) is 5.60 Å². The third-order valence-electron chi connectivity index (χ3n) is 4.37. The maximum absolute atomic E-state index is 14.0. The van der Waals surface area contributed by atoms with Crippen molar-refractivity contribution in [3.8, 4) is 0 Å². The second-order valence-electron chi connectivity index (χ2n) is 6.44. The molecule has 0 saturated carbocycles. The second kappa shape index (κ2) is 7.96. The van der Waals surface area contributed by atoms with Crippen LogP contribution in [0.3, 0.4) is 0 Å². The molecule has 0 fully saturated rings. The van der Waals surface area contributed by atoms with Crippen LogP contribution < -0.4 is 5.32 Å². The maximum Gasteiger partial charge on any atom is 0.426 e. The summed E-state index contributed by atoms with van der Waals surface area (Å²) in [7, 11) is 1.49. The van der Waals surface area contributed by atoms with Crippen LogP contribution in [0, 0.1) is 12.7 Å². The zero-order valence-electron chi connectivity index (χ0n) is 15.6. The van der Waals surface area contributed by atoms with Gasteiger partial charge >= 0.3 is 6.18 Å². The summed E-state index contributed by atoms with van der Waals surface area (Å²) in [6.45, 7) is 1.68. The van der Waals surface area contributed by atoms with Gasteiger partial charge in [0.25, 0.3) is 0 Å². The summed E-state index contributed by atoms with van der Waals surface area (Å²) in [5, 5.41) is 13.8. The van der Waals surface area contributed by atoms with Gasteiger partial charge in [-0.25, -0.2) is 4.39 Å². The van der Waals surface area contributed by atoms with Gasteiger partial charge in [0.1, 0.15) is 5.82 Å². The van der Waals surface area contributed by atoms with E-state index in [0.717, 1.165) is 11.3 Å². The highest BCUT2D eigenvalue weighted by molar-refractivity contribution is 7.12. The number of anilines is 2. The largest absolute Gasteiger partial charge is 0.426 e. The molecule has 0 saturated heterocycles. The molecule has 1 unspecified atom stereocenters. The number of benzene rings is 2. The van der Waals surface area contributed by atoms with E-state index in [1.807, 2.05) is 0 Å². The van der Waals surface area contributed by atoms with Gasteiger partial charge in [0.15, 0.2) is 0 Å².